The monoisotopic (exact) mass is 508 g/mol. The van der Waals surface area contributed by atoms with E-state index in [9.17, 15) is 4.79 Å². The largest absolute Gasteiger partial charge is 0.357 e. The predicted octanol–water partition coefficient (Wildman–Crippen LogP) is 1.59. The van der Waals surface area contributed by atoms with Crippen LogP contribution in [0.3, 0.4) is 0 Å². The molecule has 0 unspecified atom stereocenters. The van der Waals surface area contributed by atoms with E-state index >= 15 is 0 Å². The highest BCUT2D eigenvalue weighted by Gasteiger charge is 2.18. The van der Waals surface area contributed by atoms with Gasteiger partial charge in [0.05, 0.1) is 0 Å². The summed E-state index contributed by atoms with van der Waals surface area (Å²) in [6.07, 6.45) is 5.07. The number of guanidine groups is 1. The number of amides is 1. The maximum Gasteiger partial charge on any atom is 0.222 e. The summed E-state index contributed by atoms with van der Waals surface area (Å²) in [6, 6.07) is 0. The van der Waals surface area contributed by atoms with E-state index in [-0.39, 0.29) is 24.0 Å². The molecule has 0 bridgehead atoms. The maximum absolute atomic E-state index is 11.6. The number of carbonyl (C=O) groups excluding carboxylic acids is 1. The molecule has 0 aromatic heterocycles. The number of rotatable bonds is 11. The maximum atomic E-state index is 11.6. The van der Waals surface area contributed by atoms with E-state index in [2.05, 4.69) is 39.3 Å². The lowest BCUT2D eigenvalue weighted by molar-refractivity contribution is -0.127. The summed E-state index contributed by atoms with van der Waals surface area (Å²) in [4.78, 5) is 23.3. The summed E-state index contributed by atoms with van der Waals surface area (Å²) in [5, 5.41) is 6.76. The number of nitrogens with zero attached hydrogens (tertiary/aromatic N) is 4. The topological polar surface area (TPSA) is 63.2 Å². The molecule has 2 aliphatic rings. The number of piperazine rings is 1. The summed E-state index contributed by atoms with van der Waals surface area (Å²) in [5.74, 6) is 1.21. The van der Waals surface area contributed by atoms with E-state index in [1.807, 2.05) is 4.90 Å². The van der Waals surface area contributed by atoms with E-state index in [4.69, 9.17) is 0 Å². The summed E-state index contributed by atoms with van der Waals surface area (Å²) in [6.45, 7) is 16.0. The van der Waals surface area contributed by atoms with Gasteiger partial charge in [0.25, 0.3) is 0 Å². The molecule has 8 heteroatoms. The van der Waals surface area contributed by atoms with Gasteiger partial charge in [-0.15, -0.1) is 24.0 Å². The predicted molar refractivity (Wildman–Crippen MR) is 128 cm³/mol. The van der Waals surface area contributed by atoms with Crippen molar-refractivity contribution < 1.29 is 4.79 Å². The molecule has 7 nitrogen and oxygen atoms in total. The highest BCUT2D eigenvalue weighted by molar-refractivity contribution is 14.0. The molecule has 0 aromatic rings. The molecule has 2 fully saturated rings. The molecule has 1 amide bonds. The number of likely N-dealkylation sites (N-methyl/N-ethyl adjacent to an activating group) is 1. The number of nitrogens with one attached hydrogen (secondary N) is 2. The van der Waals surface area contributed by atoms with Crippen LogP contribution in [-0.4, -0.2) is 98.6 Å². The van der Waals surface area contributed by atoms with Gasteiger partial charge >= 0.3 is 0 Å². The van der Waals surface area contributed by atoms with Gasteiger partial charge in [-0.1, -0.05) is 6.92 Å². The smallest absolute Gasteiger partial charge is 0.222 e. The molecule has 164 valence electrons. The van der Waals surface area contributed by atoms with E-state index in [1.165, 1.54) is 52.1 Å². The van der Waals surface area contributed by atoms with Gasteiger partial charge in [-0.25, -0.2) is 0 Å². The van der Waals surface area contributed by atoms with Gasteiger partial charge in [0.2, 0.25) is 5.91 Å². The molecule has 2 aliphatic heterocycles. The molecule has 0 atom stereocenters. The van der Waals surface area contributed by atoms with Crippen molar-refractivity contribution in [1.29, 1.82) is 0 Å². The van der Waals surface area contributed by atoms with Gasteiger partial charge in [-0.2, -0.15) is 0 Å². The van der Waals surface area contributed by atoms with Gasteiger partial charge in [-0.3, -0.25) is 9.79 Å². The Balaban J connectivity index is 0.00000392. The lowest BCUT2D eigenvalue weighted by Crippen LogP contribution is -2.46. The Kier molecular flexibility index (Phi) is 13.9. The van der Waals surface area contributed by atoms with E-state index in [0.29, 0.717) is 5.91 Å². The van der Waals surface area contributed by atoms with Gasteiger partial charge in [0.1, 0.15) is 0 Å². The van der Waals surface area contributed by atoms with Gasteiger partial charge in [0.15, 0.2) is 5.96 Å². The second-order valence-corrected chi connectivity index (χ2v) is 7.51. The fourth-order valence-corrected chi connectivity index (χ4v) is 3.73. The zero-order valence-electron chi connectivity index (χ0n) is 17.9. The quantitative estimate of drug-likeness (QED) is 0.192. The molecule has 0 aliphatic carbocycles. The van der Waals surface area contributed by atoms with Crippen molar-refractivity contribution in [3.8, 4) is 0 Å². The van der Waals surface area contributed by atoms with Crippen molar-refractivity contribution in [3.05, 3.63) is 0 Å². The summed E-state index contributed by atoms with van der Waals surface area (Å²) < 4.78 is 0. The van der Waals surface area contributed by atoms with Crippen LogP contribution in [0, 0.1) is 0 Å². The Morgan fingerprint density at radius 2 is 1.71 bits per heavy atom. The number of halogens is 1. The molecule has 0 saturated carbocycles. The Labute approximate surface area is 188 Å². The van der Waals surface area contributed by atoms with Crippen LogP contribution in [-0.2, 0) is 4.79 Å². The molecular formula is C20H41IN6O. The molecule has 0 spiro atoms. The third-order valence-electron chi connectivity index (χ3n) is 5.48. The normalized spacial score (nSPS) is 19.0. The first kappa shape index (κ1) is 25.4. The molecule has 2 N–H and O–H groups in total. The number of hydrogen-bond acceptors (Lipinski definition) is 4. The number of hydrogen-bond donors (Lipinski definition) is 2. The molecule has 2 rings (SSSR count). The standard InChI is InChI=1S/C20H40N6O.HI/c1-3-21-20(23-11-8-14-26-13-7-9-19(26)27)22-10-5-6-12-25-17-15-24(4-2)16-18-25;/h3-18H2,1-2H3,(H2,21,22,23);1H. The van der Waals surface area contributed by atoms with Crippen LogP contribution in [0.1, 0.15) is 46.0 Å². The second kappa shape index (κ2) is 15.3. The number of aliphatic imine (C=N–C) groups is 1. The first-order chi connectivity index (χ1) is 13.2. The zero-order valence-corrected chi connectivity index (χ0v) is 20.2. The average Bonchev–Trinajstić information content (AvgIpc) is 3.10. The van der Waals surface area contributed by atoms with Crippen molar-refractivity contribution in [2.24, 2.45) is 4.99 Å². The van der Waals surface area contributed by atoms with Crippen LogP contribution < -0.4 is 10.6 Å². The van der Waals surface area contributed by atoms with Crippen LogP contribution in [0.4, 0.5) is 0 Å². The molecule has 2 saturated heterocycles. The van der Waals surface area contributed by atoms with Crippen LogP contribution in [0.5, 0.6) is 0 Å². The average molecular weight is 508 g/mol. The van der Waals surface area contributed by atoms with E-state index in [1.54, 1.807) is 0 Å². The van der Waals surface area contributed by atoms with Crippen LogP contribution in [0.2, 0.25) is 0 Å². The molecular weight excluding hydrogens is 467 g/mol. The molecule has 28 heavy (non-hydrogen) atoms. The zero-order chi connectivity index (χ0) is 19.3. The number of unbranched alkanes of at least 4 members (excludes halogenated alkanes) is 1. The lowest BCUT2D eigenvalue weighted by Gasteiger charge is -2.34. The minimum atomic E-state index is 0. The third-order valence-corrected chi connectivity index (χ3v) is 5.48. The lowest BCUT2D eigenvalue weighted by atomic mass is 10.2. The second-order valence-electron chi connectivity index (χ2n) is 7.51. The highest BCUT2D eigenvalue weighted by atomic mass is 127. The third kappa shape index (κ3) is 9.73. The summed E-state index contributed by atoms with van der Waals surface area (Å²) in [7, 11) is 0. The van der Waals surface area contributed by atoms with Crippen LogP contribution in [0.15, 0.2) is 4.99 Å². The fourth-order valence-electron chi connectivity index (χ4n) is 3.73. The van der Waals surface area contributed by atoms with Crippen LogP contribution in [0.25, 0.3) is 0 Å². The van der Waals surface area contributed by atoms with Crippen molar-refractivity contribution >= 4 is 35.8 Å². The Hall–Kier alpha value is -0.610. The SMILES string of the molecule is CCNC(=NCCCN1CCCC1=O)NCCCCN1CCN(CC)CC1.I. The number of carbonyl (C=O) groups is 1. The first-order valence-electron chi connectivity index (χ1n) is 11.0. The van der Waals surface area contributed by atoms with Crippen LogP contribution >= 0.6 is 24.0 Å². The van der Waals surface area contributed by atoms with E-state index < -0.39 is 0 Å². The minimum Gasteiger partial charge on any atom is -0.357 e. The van der Waals surface area contributed by atoms with Gasteiger partial charge in [0, 0.05) is 65.3 Å². The Morgan fingerprint density at radius 3 is 2.36 bits per heavy atom. The minimum absolute atomic E-state index is 0. The Bertz CT molecular complexity index is 454. The molecule has 0 radical (unpaired) electrons. The van der Waals surface area contributed by atoms with Crippen molar-refractivity contribution in [3.63, 3.8) is 0 Å². The van der Waals surface area contributed by atoms with Crippen molar-refractivity contribution in [1.82, 2.24) is 25.3 Å². The number of likely N-dealkylation sites (tertiary alicyclic amines) is 1. The first-order valence-corrected chi connectivity index (χ1v) is 11.0. The fraction of sp³-hybridized carbons (Fsp3) is 0.900. The van der Waals surface area contributed by atoms with Gasteiger partial charge in [-0.05, 0) is 45.7 Å². The van der Waals surface area contributed by atoms with E-state index in [0.717, 1.165) is 57.9 Å². The highest BCUT2D eigenvalue weighted by Crippen LogP contribution is 2.09. The Morgan fingerprint density at radius 1 is 0.964 bits per heavy atom. The van der Waals surface area contributed by atoms with Crippen molar-refractivity contribution in [2.45, 2.75) is 46.0 Å². The molecule has 2 heterocycles. The molecule has 0 aromatic carbocycles. The summed E-state index contributed by atoms with van der Waals surface area (Å²) in [5.41, 5.74) is 0. The van der Waals surface area contributed by atoms with Crippen molar-refractivity contribution in [2.75, 3.05) is 72.0 Å². The van der Waals surface area contributed by atoms with Gasteiger partial charge < -0.3 is 25.3 Å². The summed E-state index contributed by atoms with van der Waals surface area (Å²) >= 11 is 0.